The molecule has 0 aliphatic rings. The number of esters is 1. The van der Waals surface area contributed by atoms with Gasteiger partial charge < -0.3 is 24.8 Å². The summed E-state index contributed by atoms with van der Waals surface area (Å²) in [4.78, 5) is 37.9. The van der Waals surface area contributed by atoms with Crippen molar-refractivity contribution in [2.24, 2.45) is 0 Å². The Hall–Kier alpha value is -4.33. The van der Waals surface area contributed by atoms with Crippen molar-refractivity contribution in [2.75, 3.05) is 26.0 Å². The number of aromatic hydroxyl groups is 1. The SMILES string of the molecule is COC(=O)c1cccc(NC(=O)c2ccc(CCN(C)C(=O)OCc3ccccc3)cc2)c1O. The molecule has 8 heteroatoms. The molecule has 3 aromatic rings. The van der Waals surface area contributed by atoms with Crippen LogP contribution in [0.2, 0.25) is 0 Å². The third-order valence-corrected chi connectivity index (χ3v) is 5.16. The Morgan fingerprint density at radius 1 is 0.912 bits per heavy atom. The van der Waals surface area contributed by atoms with Gasteiger partial charge in [-0.1, -0.05) is 48.5 Å². The van der Waals surface area contributed by atoms with Crippen molar-refractivity contribution in [1.82, 2.24) is 4.90 Å². The van der Waals surface area contributed by atoms with Gasteiger partial charge in [0, 0.05) is 19.2 Å². The third-order valence-electron chi connectivity index (χ3n) is 5.16. The molecule has 3 rings (SSSR count). The fourth-order valence-corrected chi connectivity index (χ4v) is 3.15. The van der Waals surface area contributed by atoms with Crippen LogP contribution < -0.4 is 5.32 Å². The molecule has 3 aromatic carbocycles. The first-order chi connectivity index (χ1) is 16.4. The standard InChI is InChI=1S/C26H26N2O6/c1-28(26(32)34-17-19-7-4-3-5-8-19)16-15-18-11-13-20(14-12-18)24(30)27-22-10-6-9-21(23(22)29)25(31)33-2/h3-14,29H,15-17H2,1-2H3,(H,27,30). The highest BCUT2D eigenvalue weighted by Gasteiger charge is 2.17. The van der Waals surface area contributed by atoms with E-state index in [1.165, 1.54) is 30.2 Å². The first-order valence-corrected chi connectivity index (χ1v) is 10.6. The lowest BCUT2D eigenvalue weighted by atomic mass is 10.1. The van der Waals surface area contributed by atoms with Crippen LogP contribution in [0.15, 0.2) is 72.8 Å². The molecular weight excluding hydrogens is 436 g/mol. The number of amides is 2. The van der Waals surface area contributed by atoms with Crippen molar-refractivity contribution >= 4 is 23.7 Å². The van der Waals surface area contributed by atoms with Gasteiger partial charge in [-0.3, -0.25) is 4.79 Å². The first kappa shape index (κ1) is 24.3. The summed E-state index contributed by atoms with van der Waals surface area (Å²) in [6.07, 6.45) is 0.176. The molecule has 0 unspecified atom stereocenters. The highest BCUT2D eigenvalue weighted by atomic mass is 16.6. The van der Waals surface area contributed by atoms with Gasteiger partial charge >= 0.3 is 12.1 Å². The molecule has 0 bridgehead atoms. The molecule has 0 fully saturated rings. The quantitative estimate of drug-likeness (QED) is 0.383. The van der Waals surface area contributed by atoms with Gasteiger partial charge in [0.2, 0.25) is 0 Å². The minimum Gasteiger partial charge on any atom is -0.505 e. The number of phenols is 1. The Morgan fingerprint density at radius 2 is 1.62 bits per heavy atom. The highest BCUT2D eigenvalue weighted by Crippen LogP contribution is 2.28. The molecule has 0 spiro atoms. The molecule has 0 saturated heterocycles. The molecule has 8 nitrogen and oxygen atoms in total. The number of carbonyl (C=O) groups excluding carboxylic acids is 3. The first-order valence-electron chi connectivity index (χ1n) is 10.6. The number of anilines is 1. The molecule has 0 aliphatic carbocycles. The maximum atomic E-state index is 12.6. The van der Waals surface area contributed by atoms with Crippen LogP contribution in [-0.2, 0) is 22.5 Å². The van der Waals surface area contributed by atoms with E-state index in [-0.39, 0.29) is 23.6 Å². The zero-order valence-corrected chi connectivity index (χ0v) is 19.0. The molecule has 2 amide bonds. The van der Waals surface area contributed by atoms with Crippen LogP contribution in [0.1, 0.15) is 31.8 Å². The number of phenolic OH excluding ortho intramolecular Hbond substituents is 1. The second-order valence-corrected chi connectivity index (χ2v) is 7.56. The van der Waals surface area contributed by atoms with Gasteiger partial charge in [-0.05, 0) is 41.8 Å². The van der Waals surface area contributed by atoms with Gasteiger partial charge in [0.15, 0.2) is 5.75 Å². The minimum atomic E-state index is -0.702. The van der Waals surface area contributed by atoms with Gasteiger partial charge in [0.25, 0.3) is 5.91 Å². The summed E-state index contributed by atoms with van der Waals surface area (Å²) in [5, 5.41) is 12.8. The molecule has 0 heterocycles. The van der Waals surface area contributed by atoms with Crippen molar-refractivity contribution in [3.8, 4) is 5.75 Å². The molecule has 34 heavy (non-hydrogen) atoms. The van der Waals surface area contributed by atoms with Gasteiger partial charge in [0.05, 0.1) is 12.8 Å². The number of ether oxygens (including phenoxy) is 2. The Morgan fingerprint density at radius 3 is 2.29 bits per heavy atom. The lowest BCUT2D eigenvalue weighted by molar-refractivity contribution is 0.0597. The molecule has 0 aliphatic heterocycles. The topological polar surface area (TPSA) is 105 Å². The summed E-state index contributed by atoms with van der Waals surface area (Å²) < 4.78 is 9.93. The second kappa shape index (κ2) is 11.5. The van der Waals surface area contributed by atoms with Gasteiger partial charge in [0.1, 0.15) is 12.2 Å². The zero-order chi connectivity index (χ0) is 24.5. The lowest BCUT2D eigenvalue weighted by Crippen LogP contribution is -2.29. The molecule has 0 atom stereocenters. The summed E-state index contributed by atoms with van der Waals surface area (Å²) >= 11 is 0. The average Bonchev–Trinajstić information content (AvgIpc) is 2.87. The van der Waals surface area contributed by atoms with Crippen LogP contribution >= 0.6 is 0 Å². The maximum absolute atomic E-state index is 12.6. The van der Waals surface area contributed by atoms with E-state index in [0.717, 1.165) is 11.1 Å². The van der Waals surface area contributed by atoms with E-state index < -0.39 is 18.0 Å². The van der Waals surface area contributed by atoms with Crippen molar-refractivity contribution in [1.29, 1.82) is 0 Å². The van der Waals surface area contributed by atoms with Crippen LogP contribution in [0, 0.1) is 0 Å². The van der Waals surface area contributed by atoms with E-state index in [2.05, 4.69) is 10.1 Å². The van der Waals surface area contributed by atoms with Crippen LogP contribution in [-0.4, -0.2) is 48.7 Å². The normalized spacial score (nSPS) is 10.3. The average molecular weight is 463 g/mol. The summed E-state index contributed by atoms with van der Waals surface area (Å²) in [7, 11) is 2.88. The summed E-state index contributed by atoms with van der Waals surface area (Å²) in [5.74, 6) is -1.50. The molecule has 176 valence electrons. The Balaban J connectivity index is 1.52. The summed E-state index contributed by atoms with van der Waals surface area (Å²) in [6, 6.07) is 20.8. The molecule has 0 saturated carbocycles. The lowest BCUT2D eigenvalue weighted by Gasteiger charge is -2.17. The van der Waals surface area contributed by atoms with E-state index in [1.807, 2.05) is 30.3 Å². The fourth-order valence-electron chi connectivity index (χ4n) is 3.15. The third kappa shape index (κ3) is 6.35. The molecule has 0 aromatic heterocycles. The fraction of sp³-hybridized carbons (Fsp3) is 0.192. The van der Waals surface area contributed by atoms with Crippen LogP contribution in [0.3, 0.4) is 0 Å². The number of benzene rings is 3. The number of carbonyl (C=O) groups is 3. The second-order valence-electron chi connectivity index (χ2n) is 7.56. The van der Waals surface area contributed by atoms with Gasteiger partial charge in [-0.15, -0.1) is 0 Å². The van der Waals surface area contributed by atoms with Crippen molar-refractivity contribution in [3.05, 3.63) is 95.1 Å². The van der Waals surface area contributed by atoms with E-state index in [0.29, 0.717) is 18.5 Å². The molecule has 0 radical (unpaired) electrons. The maximum Gasteiger partial charge on any atom is 0.409 e. The van der Waals surface area contributed by atoms with E-state index in [4.69, 9.17) is 4.74 Å². The predicted octanol–water partition coefficient (Wildman–Crippen LogP) is 4.24. The number of hydrogen-bond acceptors (Lipinski definition) is 6. The van der Waals surface area contributed by atoms with Crippen LogP contribution in [0.4, 0.5) is 10.5 Å². The smallest absolute Gasteiger partial charge is 0.409 e. The van der Waals surface area contributed by atoms with Crippen LogP contribution in [0.25, 0.3) is 0 Å². The zero-order valence-electron chi connectivity index (χ0n) is 19.0. The van der Waals surface area contributed by atoms with Crippen molar-refractivity contribution in [2.45, 2.75) is 13.0 Å². The number of para-hydroxylation sites is 1. The number of nitrogens with zero attached hydrogens (tertiary/aromatic N) is 1. The minimum absolute atomic E-state index is 0.0398. The van der Waals surface area contributed by atoms with Crippen molar-refractivity contribution < 1.29 is 29.0 Å². The summed E-state index contributed by atoms with van der Waals surface area (Å²) in [6.45, 7) is 0.666. The molecule has 2 N–H and O–H groups in total. The number of rotatable bonds is 8. The summed E-state index contributed by atoms with van der Waals surface area (Å²) in [5.41, 5.74) is 2.30. The predicted molar refractivity (Wildman–Crippen MR) is 127 cm³/mol. The van der Waals surface area contributed by atoms with E-state index in [9.17, 15) is 19.5 Å². The molecular formula is C26H26N2O6. The van der Waals surface area contributed by atoms with Gasteiger partial charge in [-0.25, -0.2) is 9.59 Å². The number of nitrogens with one attached hydrogen (secondary N) is 1. The Labute approximate surface area is 197 Å². The van der Waals surface area contributed by atoms with Crippen molar-refractivity contribution in [3.63, 3.8) is 0 Å². The highest BCUT2D eigenvalue weighted by molar-refractivity contribution is 6.06. The number of likely N-dealkylation sites (N-methyl/N-ethyl adjacent to an activating group) is 1. The number of methoxy groups -OCH3 is 1. The van der Waals surface area contributed by atoms with E-state index in [1.54, 1.807) is 31.3 Å². The Bertz CT molecular complexity index is 1150. The van der Waals surface area contributed by atoms with Gasteiger partial charge in [-0.2, -0.15) is 0 Å². The monoisotopic (exact) mass is 462 g/mol. The Kier molecular flexibility index (Phi) is 8.23. The van der Waals surface area contributed by atoms with Crippen LogP contribution in [0.5, 0.6) is 5.75 Å². The largest absolute Gasteiger partial charge is 0.505 e. The number of hydrogen-bond donors (Lipinski definition) is 2. The van der Waals surface area contributed by atoms with E-state index >= 15 is 0 Å².